The van der Waals surface area contributed by atoms with Crippen molar-refractivity contribution < 1.29 is 19.0 Å². The van der Waals surface area contributed by atoms with Crippen molar-refractivity contribution in [2.75, 3.05) is 25.8 Å². The zero-order chi connectivity index (χ0) is 18.6. The van der Waals surface area contributed by atoms with Crippen molar-refractivity contribution in [2.24, 2.45) is 0 Å². The molecule has 0 fully saturated rings. The number of carbonyl (C=O) groups excluding carboxylic acids is 1. The van der Waals surface area contributed by atoms with Gasteiger partial charge in [0.1, 0.15) is 0 Å². The molecule has 3 aromatic rings. The van der Waals surface area contributed by atoms with Crippen LogP contribution in [0.25, 0.3) is 10.9 Å². The Morgan fingerprint density at radius 2 is 2.04 bits per heavy atom. The Labute approximate surface area is 156 Å². The van der Waals surface area contributed by atoms with Crippen LogP contribution in [0, 0.1) is 0 Å². The molecule has 1 aromatic heterocycles. The van der Waals surface area contributed by atoms with E-state index in [1.807, 2.05) is 48.7 Å². The first kappa shape index (κ1) is 17.2. The highest BCUT2D eigenvalue weighted by Crippen LogP contribution is 2.32. The number of benzene rings is 2. The molecular formula is C20H21N3O4. The summed E-state index contributed by atoms with van der Waals surface area (Å²) < 4.78 is 17.9. The van der Waals surface area contributed by atoms with E-state index >= 15 is 0 Å². The van der Waals surface area contributed by atoms with Gasteiger partial charge in [-0.05, 0) is 23.8 Å². The van der Waals surface area contributed by atoms with E-state index in [1.54, 1.807) is 7.11 Å². The molecular weight excluding hydrogens is 346 g/mol. The molecule has 2 heterocycles. The Morgan fingerprint density at radius 3 is 2.93 bits per heavy atom. The molecule has 0 unspecified atom stereocenters. The fourth-order valence-corrected chi connectivity index (χ4v) is 3.12. The largest absolute Gasteiger partial charge is 0.454 e. The number of carbonyl (C=O) groups is 1. The smallest absolute Gasteiger partial charge is 0.319 e. The average Bonchev–Trinajstić information content (AvgIpc) is 3.29. The van der Waals surface area contributed by atoms with Crippen LogP contribution in [0.15, 0.2) is 48.7 Å². The Morgan fingerprint density at radius 1 is 1.19 bits per heavy atom. The van der Waals surface area contributed by atoms with E-state index in [9.17, 15) is 4.79 Å². The summed E-state index contributed by atoms with van der Waals surface area (Å²) in [5.74, 6) is 1.43. The lowest BCUT2D eigenvalue weighted by atomic mass is 10.2. The Kier molecular flexibility index (Phi) is 4.84. The van der Waals surface area contributed by atoms with E-state index in [0.29, 0.717) is 18.9 Å². The molecule has 27 heavy (non-hydrogen) atoms. The maximum absolute atomic E-state index is 12.4. The van der Waals surface area contributed by atoms with E-state index in [-0.39, 0.29) is 12.8 Å². The minimum atomic E-state index is -0.262. The number of nitrogens with zero attached hydrogens (tertiary/aromatic N) is 1. The lowest BCUT2D eigenvalue weighted by Crippen LogP contribution is -2.28. The second-order valence-electron chi connectivity index (χ2n) is 6.24. The molecule has 7 heteroatoms. The van der Waals surface area contributed by atoms with E-state index in [2.05, 4.69) is 15.2 Å². The number of para-hydroxylation sites is 1. The van der Waals surface area contributed by atoms with Gasteiger partial charge >= 0.3 is 6.03 Å². The molecule has 0 bridgehead atoms. The highest BCUT2D eigenvalue weighted by molar-refractivity contribution is 6.01. The van der Waals surface area contributed by atoms with Gasteiger partial charge in [-0.1, -0.05) is 24.3 Å². The van der Waals surface area contributed by atoms with Crippen LogP contribution in [0.5, 0.6) is 11.5 Å². The van der Waals surface area contributed by atoms with Gasteiger partial charge in [-0.15, -0.1) is 0 Å². The lowest BCUT2D eigenvalue weighted by Gasteiger charge is -2.07. The van der Waals surface area contributed by atoms with E-state index < -0.39 is 0 Å². The quantitative estimate of drug-likeness (QED) is 0.701. The van der Waals surface area contributed by atoms with Gasteiger partial charge in [-0.2, -0.15) is 0 Å². The van der Waals surface area contributed by atoms with Crippen molar-refractivity contribution in [2.45, 2.75) is 13.1 Å². The molecule has 2 aromatic carbocycles. The van der Waals surface area contributed by atoms with E-state index in [4.69, 9.17) is 14.2 Å². The maximum atomic E-state index is 12.4. The van der Waals surface area contributed by atoms with Crippen molar-refractivity contribution >= 4 is 22.6 Å². The number of urea groups is 1. The number of nitrogens with one attached hydrogen (secondary N) is 2. The fraction of sp³-hybridized carbons (Fsp3) is 0.250. The van der Waals surface area contributed by atoms with Gasteiger partial charge < -0.3 is 29.4 Å². The van der Waals surface area contributed by atoms with Crippen molar-refractivity contribution in [3.05, 3.63) is 54.2 Å². The molecule has 2 N–H and O–H groups in total. The van der Waals surface area contributed by atoms with Gasteiger partial charge in [0, 0.05) is 31.8 Å². The summed E-state index contributed by atoms with van der Waals surface area (Å²) in [6, 6.07) is 13.3. The number of anilines is 1. The highest BCUT2D eigenvalue weighted by Gasteiger charge is 2.14. The third-order valence-corrected chi connectivity index (χ3v) is 4.46. The van der Waals surface area contributed by atoms with Crippen LogP contribution in [0.3, 0.4) is 0 Å². The van der Waals surface area contributed by atoms with Crippen molar-refractivity contribution in [1.82, 2.24) is 9.88 Å². The van der Waals surface area contributed by atoms with Crippen molar-refractivity contribution in [1.29, 1.82) is 0 Å². The molecule has 0 aliphatic carbocycles. The Hall–Kier alpha value is -3.19. The fourth-order valence-electron chi connectivity index (χ4n) is 3.12. The van der Waals surface area contributed by atoms with Crippen LogP contribution in [0.4, 0.5) is 10.5 Å². The monoisotopic (exact) mass is 367 g/mol. The molecule has 2 amide bonds. The summed E-state index contributed by atoms with van der Waals surface area (Å²) in [5.41, 5.74) is 2.77. The van der Waals surface area contributed by atoms with Crippen molar-refractivity contribution in [3.63, 3.8) is 0 Å². The topological polar surface area (TPSA) is 73.8 Å². The molecule has 0 saturated carbocycles. The second-order valence-corrected chi connectivity index (χ2v) is 6.24. The van der Waals surface area contributed by atoms with E-state index in [1.165, 1.54) is 0 Å². The van der Waals surface area contributed by atoms with Crippen LogP contribution >= 0.6 is 0 Å². The normalized spacial score (nSPS) is 12.3. The average molecular weight is 367 g/mol. The predicted octanol–water partition coefficient (Wildman–Crippen LogP) is 3.34. The molecule has 1 aliphatic heterocycles. The first-order valence-electron chi connectivity index (χ1n) is 8.75. The summed E-state index contributed by atoms with van der Waals surface area (Å²) in [6.07, 6.45) is 1.93. The van der Waals surface area contributed by atoms with Gasteiger partial charge in [0.05, 0.1) is 17.8 Å². The van der Waals surface area contributed by atoms with Gasteiger partial charge in [0.15, 0.2) is 11.5 Å². The van der Waals surface area contributed by atoms with Gasteiger partial charge in [0.2, 0.25) is 6.79 Å². The number of methoxy groups -OCH3 is 1. The summed E-state index contributed by atoms with van der Waals surface area (Å²) in [4.78, 5) is 12.4. The summed E-state index contributed by atoms with van der Waals surface area (Å²) in [7, 11) is 1.68. The number of hydrogen-bond donors (Lipinski definition) is 2. The SMILES string of the molecule is COCCn1cc(NC(=O)NCc2ccc3c(c2)OCO3)c2ccccc21. The second kappa shape index (κ2) is 7.59. The van der Waals surface area contributed by atoms with Crippen LogP contribution in [0.1, 0.15) is 5.56 Å². The zero-order valence-electron chi connectivity index (χ0n) is 15.0. The lowest BCUT2D eigenvalue weighted by molar-refractivity contribution is 0.174. The third-order valence-electron chi connectivity index (χ3n) is 4.46. The van der Waals surface area contributed by atoms with Gasteiger partial charge in [-0.25, -0.2) is 4.79 Å². The molecule has 0 radical (unpaired) electrons. The van der Waals surface area contributed by atoms with Crippen LogP contribution in [0.2, 0.25) is 0 Å². The molecule has 1 aliphatic rings. The number of rotatable bonds is 6. The van der Waals surface area contributed by atoms with Crippen molar-refractivity contribution in [3.8, 4) is 11.5 Å². The minimum Gasteiger partial charge on any atom is -0.454 e. The molecule has 0 atom stereocenters. The summed E-state index contributed by atoms with van der Waals surface area (Å²) >= 11 is 0. The number of hydrogen-bond acceptors (Lipinski definition) is 4. The Bertz CT molecular complexity index is 967. The molecule has 0 spiro atoms. The van der Waals surface area contributed by atoms with Gasteiger partial charge in [-0.3, -0.25) is 0 Å². The van der Waals surface area contributed by atoms with Crippen LogP contribution in [-0.4, -0.2) is 31.1 Å². The third kappa shape index (κ3) is 3.68. The maximum Gasteiger partial charge on any atom is 0.319 e. The molecule has 0 saturated heterocycles. The number of amides is 2. The number of ether oxygens (including phenoxy) is 3. The molecule has 7 nitrogen and oxygen atoms in total. The molecule has 4 rings (SSSR count). The Balaban J connectivity index is 1.43. The zero-order valence-corrected chi connectivity index (χ0v) is 15.0. The number of fused-ring (bicyclic) bond motifs is 2. The van der Waals surface area contributed by atoms with Crippen LogP contribution < -0.4 is 20.1 Å². The van der Waals surface area contributed by atoms with E-state index in [0.717, 1.165) is 34.4 Å². The van der Waals surface area contributed by atoms with Gasteiger partial charge in [0.25, 0.3) is 0 Å². The first-order chi connectivity index (χ1) is 13.2. The highest BCUT2D eigenvalue weighted by atomic mass is 16.7. The first-order valence-corrected chi connectivity index (χ1v) is 8.75. The molecule has 140 valence electrons. The predicted molar refractivity (Wildman–Crippen MR) is 102 cm³/mol. The number of aromatic nitrogens is 1. The standard InChI is InChI=1S/C20H21N3O4/c1-25-9-8-23-12-16(15-4-2-3-5-17(15)23)22-20(24)21-11-14-6-7-18-19(10-14)27-13-26-18/h2-7,10,12H,8-9,11,13H2,1H3,(H2,21,22,24). The van der Waals surface area contributed by atoms with Crippen LogP contribution in [-0.2, 0) is 17.8 Å². The summed E-state index contributed by atoms with van der Waals surface area (Å²) in [5, 5.41) is 6.80. The summed E-state index contributed by atoms with van der Waals surface area (Å²) in [6.45, 7) is 1.95. The minimum absolute atomic E-state index is 0.236.